The smallest absolute Gasteiger partial charge is 0.123 e. The third-order valence-electron chi connectivity index (χ3n) is 3.64. The van der Waals surface area contributed by atoms with Crippen molar-refractivity contribution < 1.29 is 9.50 Å². The quantitative estimate of drug-likeness (QED) is 0.898. The number of likely N-dealkylation sites (N-methyl/N-ethyl adjacent to an activating group) is 1. The fourth-order valence-corrected chi connectivity index (χ4v) is 2.78. The number of nitriles is 1. The minimum Gasteiger partial charge on any atom is -0.392 e. The summed E-state index contributed by atoms with van der Waals surface area (Å²) in [5.74, 6) is -0.331. The molecule has 1 aromatic carbocycles. The van der Waals surface area contributed by atoms with Gasteiger partial charge in [0.2, 0.25) is 0 Å². The van der Waals surface area contributed by atoms with E-state index in [4.69, 9.17) is 5.26 Å². The Hall–Kier alpha value is -1.48. The molecule has 5 heteroatoms. The number of benzene rings is 1. The van der Waals surface area contributed by atoms with Crippen molar-refractivity contribution in [1.82, 2.24) is 9.80 Å². The third kappa shape index (κ3) is 3.54. The summed E-state index contributed by atoms with van der Waals surface area (Å²) in [6, 6.07) is 6.56. The van der Waals surface area contributed by atoms with Crippen molar-refractivity contribution in [3.05, 3.63) is 35.1 Å². The maximum absolute atomic E-state index is 13.4. The zero-order valence-corrected chi connectivity index (χ0v) is 11.9. The maximum Gasteiger partial charge on any atom is 0.123 e. The lowest BCUT2D eigenvalue weighted by molar-refractivity contribution is 0.169. The molecule has 1 fully saturated rings. The number of aliphatic hydroxyl groups excluding tert-OH is 1. The van der Waals surface area contributed by atoms with E-state index in [0.29, 0.717) is 24.2 Å². The molecule has 1 saturated heterocycles. The van der Waals surface area contributed by atoms with Crippen LogP contribution in [0.2, 0.25) is 0 Å². The van der Waals surface area contributed by atoms with Crippen LogP contribution in [-0.4, -0.2) is 54.2 Å². The van der Waals surface area contributed by atoms with Crippen molar-refractivity contribution in [1.29, 1.82) is 5.26 Å². The summed E-state index contributed by atoms with van der Waals surface area (Å²) in [4.78, 5) is 4.20. The SMILES string of the molecule is CN(C)CC1CC(O)CN1Cc1cc(F)ccc1C#N. The molecule has 2 unspecified atom stereocenters. The van der Waals surface area contributed by atoms with E-state index in [-0.39, 0.29) is 18.0 Å². The number of β-amino-alcohol motifs (C(OH)–C–C–N with tert-alkyl or cyclic N) is 1. The second-order valence-electron chi connectivity index (χ2n) is 5.65. The fraction of sp³-hybridized carbons (Fsp3) is 0.533. The lowest BCUT2D eigenvalue weighted by atomic mass is 10.1. The monoisotopic (exact) mass is 277 g/mol. The highest BCUT2D eigenvalue weighted by Crippen LogP contribution is 2.22. The number of likely N-dealkylation sites (tertiary alicyclic amines) is 1. The van der Waals surface area contributed by atoms with E-state index < -0.39 is 0 Å². The van der Waals surface area contributed by atoms with Gasteiger partial charge in [-0.2, -0.15) is 5.26 Å². The second-order valence-corrected chi connectivity index (χ2v) is 5.65. The first-order valence-corrected chi connectivity index (χ1v) is 6.75. The van der Waals surface area contributed by atoms with Gasteiger partial charge in [0.05, 0.1) is 17.7 Å². The summed E-state index contributed by atoms with van der Waals surface area (Å²) in [5.41, 5.74) is 1.18. The molecule has 0 amide bonds. The molecule has 0 aromatic heterocycles. The molecule has 2 rings (SSSR count). The summed E-state index contributed by atoms with van der Waals surface area (Å²) in [6.45, 7) is 1.91. The van der Waals surface area contributed by atoms with Crippen LogP contribution in [0.5, 0.6) is 0 Å². The number of hydrogen-bond donors (Lipinski definition) is 1. The standard InChI is InChI=1S/C15H20FN3O/c1-18(2)9-14-6-15(20)10-19(14)8-12-5-13(16)4-3-11(12)7-17/h3-5,14-15,20H,6,8-10H2,1-2H3. The van der Waals surface area contributed by atoms with Crippen molar-refractivity contribution >= 4 is 0 Å². The van der Waals surface area contributed by atoms with E-state index in [9.17, 15) is 9.50 Å². The predicted molar refractivity (Wildman–Crippen MR) is 74.5 cm³/mol. The van der Waals surface area contributed by atoms with Crippen LogP contribution in [0.1, 0.15) is 17.5 Å². The Morgan fingerprint density at radius 3 is 2.90 bits per heavy atom. The molecule has 1 heterocycles. The number of aliphatic hydroxyl groups is 1. The van der Waals surface area contributed by atoms with Crippen molar-refractivity contribution in [2.75, 3.05) is 27.2 Å². The minimum atomic E-state index is -0.348. The average Bonchev–Trinajstić information content (AvgIpc) is 2.69. The van der Waals surface area contributed by atoms with Crippen LogP contribution in [0.15, 0.2) is 18.2 Å². The van der Waals surface area contributed by atoms with Crippen LogP contribution in [0, 0.1) is 17.1 Å². The molecule has 20 heavy (non-hydrogen) atoms. The van der Waals surface area contributed by atoms with Gasteiger partial charge < -0.3 is 10.0 Å². The Kier molecular flexibility index (Phi) is 4.71. The van der Waals surface area contributed by atoms with Crippen LogP contribution in [-0.2, 0) is 6.54 Å². The van der Waals surface area contributed by atoms with Gasteiger partial charge in [-0.15, -0.1) is 0 Å². The highest BCUT2D eigenvalue weighted by molar-refractivity contribution is 5.37. The van der Waals surface area contributed by atoms with Crippen molar-refractivity contribution in [2.24, 2.45) is 0 Å². The first-order valence-electron chi connectivity index (χ1n) is 6.75. The molecule has 1 aromatic rings. The van der Waals surface area contributed by atoms with Crippen LogP contribution < -0.4 is 0 Å². The lowest BCUT2D eigenvalue weighted by Crippen LogP contribution is -2.37. The van der Waals surface area contributed by atoms with Gasteiger partial charge in [-0.05, 0) is 44.3 Å². The number of nitrogens with zero attached hydrogens (tertiary/aromatic N) is 3. The Balaban J connectivity index is 2.16. The zero-order valence-electron chi connectivity index (χ0n) is 11.9. The molecule has 4 nitrogen and oxygen atoms in total. The summed E-state index contributed by atoms with van der Waals surface area (Å²) in [5, 5.41) is 18.9. The van der Waals surface area contributed by atoms with E-state index in [1.54, 1.807) is 0 Å². The molecular formula is C15H20FN3O. The van der Waals surface area contributed by atoms with Crippen LogP contribution in [0.4, 0.5) is 4.39 Å². The van der Waals surface area contributed by atoms with Gasteiger partial charge in [-0.3, -0.25) is 4.90 Å². The van der Waals surface area contributed by atoms with Crippen LogP contribution in [0.25, 0.3) is 0 Å². The second kappa shape index (κ2) is 6.31. The van der Waals surface area contributed by atoms with Gasteiger partial charge >= 0.3 is 0 Å². The lowest BCUT2D eigenvalue weighted by Gasteiger charge is -2.27. The third-order valence-corrected chi connectivity index (χ3v) is 3.64. The molecular weight excluding hydrogens is 257 g/mol. The largest absolute Gasteiger partial charge is 0.392 e. The molecule has 1 N–H and O–H groups in total. The first kappa shape index (κ1) is 14.9. The average molecular weight is 277 g/mol. The molecule has 108 valence electrons. The first-order chi connectivity index (χ1) is 9.49. The van der Waals surface area contributed by atoms with Crippen LogP contribution >= 0.6 is 0 Å². The normalized spacial score (nSPS) is 23.2. The zero-order chi connectivity index (χ0) is 14.7. The molecule has 0 aliphatic carbocycles. The van der Waals surface area contributed by atoms with Gasteiger partial charge in [-0.1, -0.05) is 0 Å². The van der Waals surface area contributed by atoms with E-state index >= 15 is 0 Å². The number of rotatable bonds is 4. The van der Waals surface area contributed by atoms with Gasteiger partial charge in [-0.25, -0.2) is 4.39 Å². The summed E-state index contributed by atoms with van der Waals surface area (Å²) in [7, 11) is 3.98. The molecule has 2 atom stereocenters. The topological polar surface area (TPSA) is 50.5 Å². The number of hydrogen-bond acceptors (Lipinski definition) is 4. The molecule has 0 saturated carbocycles. The highest BCUT2D eigenvalue weighted by atomic mass is 19.1. The van der Waals surface area contributed by atoms with E-state index in [0.717, 1.165) is 13.0 Å². The van der Waals surface area contributed by atoms with E-state index in [1.165, 1.54) is 18.2 Å². The summed E-state index contributed by atoms with van der Waals surface area (Å²) < 4.78 is 13.4. The van der Waals surface area contributed by atoms with Gasteiger partial charge in [0.25, 0.3) is 0 Å². The summed E-state index contributed by atoms with van der Waals surface area (Å²) in [6.07, 6.45) is 0.370. The Morgan fingerprint density at radius 2 is 2.25 bits per heavy atom. The predicted octanol–water partition coefficient (Wildman–Crippen LogP) is 1.19. The van der Waals surface area contributed by atoms with Gasteiger partial charge in [0.1, 0.15) is 5.82 Å². The molecule has 1 aliphatic heterocycles. The van der Waals surface area contributed by atoms with Crippen molar-refractivity contribution in [3.63, 3.8) is 0 Å². The number of halogens is 1. The fourth-order valence-electron chi connectivity index (χ4n) is 2.78. The minimum absolute atomic E-state index is 0.231. The van der Waals surface area contributed by atoms with E-state index in [1.807, 2.05) is 14.1 Å². The Labute approximate surface area is 119 Å². The van der Waals surface area contributed by atoms with Gasteiger partial charge in [0, 0.05) is 25.7 Å². The van der Waals surface area contributed by atoms with Crippen molar-refractivity contribution in [2.45, 2.75) is 25.1 Å². The van der Waals surface area contributed by atoms with Crippen LogP contribution in [0.3, 0.4) is 0 Å². The maximum atomic E-state index is 13.4. The van der Waals surface area contributed by atoms with Crippen molar-refractivity contribution in [3.8, 4) is 6.07 Å². The molecule has 0 bridgehead atoms. The Morgan fingerprint density at radius 1 is 1.50 bits per heavy atom. The van der Waals surface area contributed by atoms with E-state index in [2.05, 4.69) is 15.9 Å². The Bertz CT molecular complexity index is 512. The summed E-state index contributed by atoms with van der Waals surface area (Å²) >= 11 is 0. The highest BCUT2D eigenvalue weighted by Gasteiger charge is 2.31. The molecule has 0 radical (unpaired) electrons. The molecule has 1 aliphatic rings. The molecule has 0 spiro atoms. The van der Waals surface area contributed by atoms with Gasteiger partial charge in [0.15, 0.2) is 0 Å².